The van der Waals surface area contributed by atoms with Gasteiger partial charge in [0.2, 0.25) is 0 Å². The predicted molar refractivity (Wildman–Crippen MR) is 61.3 cm³/mol. The Morgan fingerprint density at radius 2 is 1.88 bits per heavy atom. The van der Waals surface area contributed by atoms with Gasteiger partial charge in [0.1, 0.15) is 0 Å². The van der Waals surface area contributed by atoms with Gasteiger partial charge in [0.15, 0.2) is 0 Å². The maximum Gasteiger partial charge on any atom is 0.0693 e. The molecule has 2 atom stereocenters. The highest BCUT2D eigenvalue weighted by atomic mass is 16.5. The molecule has 4 nitrogen and oxygen atoms in total. The molecule has 0 bridgehead atoms. The minimum atomic E-state index is -0.250. The molecule has 4 heteroatoms. The van der Waals surface area contributed by atoms with E-state index in [2.05, 4.69) is 5.32 Å². The van der Waals surface area contributed by atoms with Crippen LogP contribution in [-0.4, -0.2) is 47.7 Å². The fourth-order valence-electron chi connectivity index (χ4n) is 2.78. The summed E-state index contributed by atoms with van der Waals surface area (Å²) in [7, 11) is 0. The van der Waals surface area contributed by atoms with Gasteiger partial charge in [-0.3, -0.25) is 0 Å². The molecule has 1 heterocycles. The monoisotopic (exact) mass is 229 g/mol. The van der Waals surface area contributed by atoms with Gasteiger partial charge in [0.25, 0.3) is 0 Å². The molecular formula is C12H23NO3. The highest BCUT2D eigenvalue weighted by Gasteiger charge is 2.36. The smallest absolute Gasteiger partial charge is 0.0693 e. The molecule has 0 spiro atoms. The third-order valence-electron chi connectivity index (χ3n) is 3.97. The van der Waals surface area contributed by atoms with Crippen LogP contribution in [0.5, 0.6) is 0 Å². The Morgan fingerprint density at radius 3 is 2.50 bits per heavy atom. The zero-order valence-corrected chi connectivity index (χ0v) is 9.82. The van der Waals surface area contributed by atoms with Crippen molar-refractivity contribution in [1.29, 1.82) is 0 Å². The van der Waals surface area contributed by atoms with Gasteiger partial charge in [-0.15, -0.1) is 0 Å². The van der Waals surface area contributed by atoms with Gasteiger partial charge in [0.05, 0.1) is 12.7 Å². The Morgan fingerprint density at radius 1 is 1.19 bits per heavy atom. The highest BCUT2D eigenvalue weighted by molar-refractivity contribution is 4.95. The lowest BCUT2D eigenvalue weighted by Crippen LogP contribution is -2.59. The van der Waals surface area contributed by atoms with Gasteiger partial charge < -0.3 is 20.3 Å². The molecule has 0 aromatic carbocycles. The number of aliphatic hydroxyl groups excluding tert-OH is 2. The van der Waals surface area contributed by atoms with Crippen LogP contribution in [0.4, 0.5) is 0 Å². The van der Waals surface area contributed by atoms with Crippen molar-refractivity contribution in [1.82, 2.24) is 5.32 Å². The summed E-state index contributed by atoms with van der Waals surface area (Å²) in [6.07, 6.45) is 5.63. The maximum atomic E-state index is 9.93. The SMILES string of the molecule is OCC1(NC2CCCCC2O)CCOCC1. The van der Waals surface area contributed by atoms with Crippen LogP contribution in [0.1, 0.15) is 38.5 Å². The van der Waals surface area contributed by atoms with E-state index in [9.17, 15) is 10.2 Å². The fourth-order valence-corrected chi connectivity index (χ4v) is 2.78. The number of hydrogen-bond donors (Lipinski definition) is 3. The lowest BCUT2D eigenvalue weighted by molar-refractivity contribution is -0.0118. The van der Waals surface area contributed by atoms with Crippen molar-refractivity contribution >= 4 is 0 Å². The van der Waals surface area contributed by atoms with E-state index >= 15 is 0 Å². The Kier molecular flexibility index (Phi) is 4.19. The second-order valence-corrected chi connectivity index (χ2v) is 5.15. The van der Waals surface area contributed by atoms with Crippen LogP contribution >= 0.6 is 0 Å². The van der Waals surface area contributed by atoms with Crippen molar-refractivity contribution < 1.29 is 14.9 Å². The molecule has 16 heavy (non-hydrogen) atoms. The molecular weight excluding hydrogens is 206 g/mol. The molecule has 1 saturated heterocycles. The Bertz CT molecular complexity index is 216. The van der Waals surface area contributed by atoms with Crippen molar-refractivity contribution in [3.05, 3.63) is 0 Å². The number of hydrogen-bond acceptors (Lipinski definition) is 4. The fraction of sp³-hybridized carbons (Fsp3) is 1.00. The Labute approximate surface area is 97.0 Å². The Hall–Kier alpha value is -0.160. The number of rotatable bonds is 3. The van der Waals surface area contributed by atoms with Crippen molar-refractivity contribution in [3.63, 3.8) is 0 Å². The summed E-state index contributed by atoms with van der Waals surface area (Å²) in [5, 5.41) is 23.0. The molecule has 0 aromatic heterocycles. The van der Waals surface area contributed by atoms with Gasteiger partial charge in [-0.2, -0.15) is 0 Å². The summed E-state index contributed by atoms with van der Waals surface area (Å²) in [5.74, 6) is 0. The molecule has 2 fully saturated rings. The lowest BCUT2D eigenvalue weighted by Gasteiger charge is -2.42. The number of nitrogens with one attached hydrogen (secondary N) is 1. The lowest BCUT2D eigenvalue weighted by atomic mass is 9.85. The maximum absolute atomic E-state index is 9.93. The molecule has 3 N–H and O–H groups in total. The second-order valence-electron chi connectivity index (χ2n) is 5.15. The molecule has 0 amide bonds. The third kappa shape index (κ3) is 2.74. The van der Waals surface area contributed by atoms with Crippen LogP contribution in [0.15, 0.2) is 0 Å². The summed E-state index contributed by atoms with van der Waals surface area (Å²) < 4.78 is 5.33. The minimum absolute atomic E-state index is 0.138. The molecule has 1 saturated carbocycles. The van der Waals surface area contributed by atoms with Gasteiger partial charge in [-0.05, 0) is 25.7 Å². The molecule has 0 radical (unpaired) electrons. The zero-order valence-electron chi connectivity index (χ0n) is 9.82. The summed E-state index contributed by atoms with van der Waals surface area (Å²) >= 11 is 0. The van der Waals surface area contributed by atoms with E-state index in [1.54, 1.807) is 0 Å². The average Bonchev–Trinajstić information content (AvgIpc) is 2.33. The van der Waals surface area contributed by atoms with E-state index in [0.717, 1.165) is 32.1 Å². The molecule has 1 aliphatic heterocycles. The van der Waals surface area contributed by atoms with Crippen LogP contribution in [0.2, 0.25) is 0 Å². The Balaban J connectivity index is 1.93. The van der Waals surface area contributed by atoms with Crippen molar-refractivity contribution in [2.24, 2.45) is 0 Å². The molecule has 2 aliphatic rings. The topological polar surface area (TPSA) is 61.7 Å². The van der Waals surface area contributed by atoms with E-state index < -0.39 is 0 Å². The van der Waals surface area contributed by atoms with Crippen molar-refractivity contribution in [3.8, 4) is 0 Å². The first kappa shape index (κ1) is 12.3. The van der Waals surface area contributed by atoms with Crippen LogP contribution in [-0.2, 0) is 4.74 Å². The van der Waals surface area contributed by atoms with Crippen molar-refractivity contribution in [2.75, 3.05) is 19.8 Å². The van der Waals surface area contributed by atoms with E-state index in [1.165, 1.54) is 6.42 Å². The third-order valence-corrected chi connectivity index (χ3v) is 3.97. The van der Waals surface area contributed by atoms with Crippen LogP contribution in [0, 0.1) is 0 Å². The number of aliphatic hydroxyl groups is 2. The summed E-state index contributed by atoms with van der Waals surface area (Å²) in [4.78, 5) is 0. The van der Waals surface area contributed by atoms with Crippen molar-refractivity contribution in [2.45, 2.75) is 56.2 Å². The largest absolute Gasteiger partial charge is 0.394 e. The van der Waals surface area contributed by atoms with Crippen LogP contribution in [0.3, 0.4) is 0 Å². The number of ether oxygens (including phenoxy) is 1. The first-order valence-electron chi connectivity index (χ1n) is 6.40. The average molecular weight is 229 g/mol. The van der Waals surface area contributed by atoms with Gasteiger partial charge in [-0.1, -0.05) is 12.8 Å². The molecule has 2 rings (SSSR count). The normalized spacial score (nSPS) is 34.9. The van der Waals surface area contributed by atoms with Crippen LogP contribution in [0.25, 0.3) is 0 Å². The molecule has 2 unspecified atom stereocenters. The first-order chi connectivity index (χ1) is 7.76. The molecule has 94 valence electrons. The summed E-state index contributed by atoms with van der Waals surface area (Å²) in [5.41, 5.74) is -0.221. The molecule has 1 aliphatic carbocycles. The van der Waals surface area contributed by atoms with E-state index in [1.807, 2.05) is 0 Å². The predicted octanol–water partition coefficient (Wildman–Crippen LogP) is 0.421. The highest BCUT2D eigenvalue weighted by Crippen LogP contribution is 2.25. The zero-order chi connectivity index (χ0) is 11.4. The standard InChI is InChI=1S/C12H23NO3/c14-9-12(5-7-16-8-6-12)13-10-3-1-2-4-11(10)15/h10-11,13-15H,1-9H2. The second kappa shape index (κ2) is 5.45. The van der Waals surface area contributed by atoms with Gasteiger partial charge >= 0.3 is 0 Å². The quantitative estimate of drug-likeness (QED) is 0.656. The van der Waals surface area contributed by atoms with E-state index in [4.69, 9.17) is 4.74 Å². The van der Waals surface area contributed by atoms with Gasteiger partial charge in [0, 0.05) is 24.8 Å². The summed E-state index contributed by atoms with van der Waals surface area (Å²) in [6.45, 7) is 1.55. The van der Waals surface area contributed by atoms with E-state index in [-0.39, 0.29) is 24.3 Å². The van der Waals surface area contributed by atoms with Crippen LogP contribution < -0.4 is 5.32 Å². The van der Waals surface area contributed by atoms with Gasteiger partial charge in [-0.25, -0.2) is 0 Å². The minimum Gasteiger partial charge on any atom is -0.394 e. The molecule has 0 aromatic rings. The van der Waals surface area contributed by atoms with E-state index in [0.29, 0.717) is 13.2 Å². The first-order valence-corrected chi connectivity index (χ1v) is 6.40. The summed E-state index contributed by atoms with van der Waals surface area (Å²) in [6, 6.07) is 0.152.